The third kappa shape index (κ3) is 3.54. The number of nitrogens with zero attached hydrogens (tertiary/aromatic N) is 3. The number of H-pyrrole nitrogens is 1. The summed E-state index contributed by atoms with van der Waals surface area (Å²) in [5.74, 6) is 1.73. The zero-order chi connectivity index (χ0) is 18.3. The van der Waals surface area contributed by atoms with E-state index in [1.807, 2.05) is 19.1 Å². The van der Waals surface area contributed by atoms with Crippen LogP contribution in [-0.4, -0.2) is 48.6 Å². The molecule has 2 unspecified atom stereocenters. The second-order valence-corrected chi connectivity index (χ2v) is 8.14. The van der Waals surface area contributed by atoms with Crippen LogP contribution in [0.4, 0.5) is 5.69 Å². The number of amides is 2. The Labute approximate surface area is 167 Å². The molecule has 0 bridgehead atoms. The fourth-order valence-corrected chi connectivity index (χ4v) is 4.89. The van der Waals surface area contributed by atoms with Crippen LogP contribution in [-0.2, 0) is 16.1 Å². The van der Waals surface area contributed by atoms with Gasteiger partial charge in [0.1, 0.15) is 11.9 Å². The van der Waals surface area contributed by atoms with Crippen molar-refractivity contribution < 1.29 is 9.59 Å². The predicted molar refractivity (Wildman–Crippen MR) is 106 cm³/mol. The van der Waals surface area contributed by atoms with Crippen molar-refractivity contribution in [2.45, 2.75) is 37.2 Å². The molecule has 10 heteroatoms. The molecule has 2 amide bonds. The lowest BCUT2D eigenvalue weighted by molar-refractivity contribution is -0.135. The maximum atomic E-state index is 12.7. The van der Waals surface area contributed by atoms with Gasteiger partial charge in [-0.3, -0.25) is 14.7 Å². The minimum absolute atomic E-state index is 0. The summed E-state index contributed by atoms with van der Waals surface area (Å²) in [5, 5.41) is 9.80. The maximum Gasteiger partial charge on any atom is 0.248 e. The average Bonchev–Trinajstić information content (AvgIpc) is 3.31. The van der Waals surface area contributed by atoms with Crippen LogP contribution in [0.5, 0.6) is 0 Å². The molecule has 27 heavy (non-hydrogen) atoms. The Morgan fingerprint density at radius 1 is 1.44 bits per heavy atom. The van der Waals surface area contributed by atoms with Crippen LogP contribution in [0, 0.1) is 0 Å². The fourth-order valence-electron chi connectivity index (χ4n) is 3.46. The van der Waals surface area contributed by atoms with Gasteiger partial charge in [0.15, 0.2) is 5.82 Å². The molecule has 4 N–H and O–H groups in total. The van der Waals surface area contributed by atoms with Gasteiger partial charge in [-0.15, -0.1) is 24.2 Å². The molecule has 2 atom stereocenters. The first-order valence-electron chi connectivity index (χ1n) is 8.49. The van der Waals surface area contributed by atoms with Crippen molar-refractivity contribution in [3.05, 3.63) is 30.1 Å². The number of fused-ring (bicyclic) bond motifs is 1. The molecule has 144 valence electrons. The molecule has 4 rings (SSSR count). The van der Waals surface area contributed by atoms with Gasteiger partial charge < -0.3 is 16.0 Å². The lowest BCUT2D eigenvalue weighted by atomic mass is 10.1. The third-order valence-electron chi connectivity index (χ3n) is 4.88. The number of hydrogen-bond donors (Lipinski definition) is 3. The Bertz CT molecular complexity index is 857. The largest absolute Gasteiger partial charge is 0.324 e. The van der Waals surface area contributed by atoms with Gasteiger partial charge in [0.05, 0.1) is 11.4 Å². The second kappa shape index (κ2) is 7.49. The van der Waals surface area contributed by atoms with Crippen molar-refractivity contribution >= 4 is 41.7 Å². The number of benzene rings is 1. The highest BCUT2D eigenvalue weighted by atomic mass is 35.5. The van der Waals surface area contributed by atoms with Crippen LogP contribution in [0.25, 0.3) is 11.4 Å². The molecule has 1 aromatic heterocycles. The highest BCUT2D eigenvalue weighted by Crippen LogP contribution is 2.47. The molecule has 0 radical (unpaired) electrons. The number of hydrogen-bond acceptors (Lipinski definition) is 6. The number of aromatic amines is 1. The standard InChI is InChI=1S/C17H20N6O2S.ClH/c1-17-7-6-14(24)23(17)12(9-26-17)16(25)19-11-4-2-10(3-5-11)15-20-13(8-18)21-22-15;/h2-5,12H,6-9,18H2,1H3,(H,19,25)(H,20,21,22);1H. The van der Waals surface area contributed by atoms with Gasteiger partial charge in [-0.05, 0) is 37.6 Å². The minimum Gasteiger partial charge on any atom is -0.324 e. The summed E-state index contributed by atoms with van der Waals surface area (Å²) in [6.07, 6.45) is 1.32. The molecule has 0 saturated carbocycles. The van der Waals surface area contributed by atoms with Gasteiger partial charge in [-0.1, -0.05) is 0 Å². The van der Waals surface area contributed by atoms with Crippen LogP contribution < -0.4 is 11.1 Å². The van der Waals surface area contributed by atoms with Crippen LogP contribution in [0.3, 0.4) is 0 Å². The number of carbonyl (C=O) groups excluding carboxylic acids is 2. The highest BCUT2D eigenvalue weighted by molar-refractivity contribution is 8.01. The summed E-state index contributed by atoms with van der Waals surface area (Å²) in [6, 6.07) is 6.87. The van der Waals surface area contributed by atoms with Gasteiger partial charge in [-0.2, -0.15) is 5.10 Å². The van der Waals surface area contributed by atoms with E-state index in [2.05, 4.69) is 20.5 Å². The number of aromatic nitrogens is 3. The second-order valence-electron chi connectivity index (χ2n) is 6.64. The van der Waals surface area contributed by atoms with Crippen LogP contribution in [0.2, 0.25) is 0 Å². The van der Waals surface area contributed by atoms with Crippen LogP contribution in [0.1, 0.15) is 25.6 Å². The van der Waals surface area contributed by atoms with Crippen molar-refractivity contribution in [1.29, 1.82) is 0 Å². The highest BCUT2D eigenvalue weighted by Gasteiger charge is 2.52. The van der Waals surface area contributed by atoms with Crippen LogP contribution in [0.15, 0.2) is 24.3 Å². The van der Waals surface area contributed by atoms with E-state index in [-0.39, 0.29) is 29.1 Å². The number of carbonyl (C=O) groups is 2. The fraction of sp³-hybridized carbons (Fsp3) is 0.412. The van der Waals surface area contributed by atoms with Gasteiger partial charge >= 0.3 is 0 Å². The number of halogens is 1. The van der Waals surface area contributed by atoms with E-state index in [0.717, 1.165) is 12.0 Å². The number of nitrogens with two attached hydrogens (primary N) is 1. The Morgan fingerprint density at radius 3 is 2.85 bits per heavy atom. The molecule has 2 aromatic rings. The van der Waals surface area contributed by atoms with E-state index in [1.165, 1.54) is 0 Å². The summed E-state index contributed by atoms with van der Waals surface area (Å²) >= 11 is 1.68. The first-order valence-corrected chi connectivity index (χ1v) is 9.47. The number of rotatable bonds is 4. The summed E-state index contributed by atoms with van der Waals surface area (Å²) < 4.78 is 0. The van der Waals surface area contributed by atoms with Crippen molar-refractivity contribution in [2.24, 2.45) is 5.73 Å². The smallest absolute Gasteiger partial charge is 0.248 e. The van der Waals surface area contributed by atoms with Gasteiger partial charge in [0, 0.05) is 23.4 Å². The molecule has 1 aromatic carbocycles. The lowest BCUT2D eigenvalue weighted by Crippen LogP contribution is -2.48. The number of anilines is 1. The Balaban J connectivity index is 0.00000210. The lowest BCUT2D eigenvalue weighted by Gasteiger charge is -2.29. The molecular weight excluding hydrogens is 388 g/mol. The van der Waals surface area contributed by atoms with Gasteiger partial charge in [0.25, 0.3) is 0 Å². The molecule has 0 aliphatic carbocycles. The predicted octanol–water partition coefficient (Wildman–Crippen LogP) is 1.74. The Hall–Kier alpha value is -2.10. The summed E-state index contributed by atoms with van der Waals surface area (Å²) in [6.45, 7) is 2.34. The third-order valence-corrected chi connectivity index (χ3v) is 6.39. The molecule has 3 heterocycles. The average molecular weight is 409 g/mol. The molecule has 2 fully saturated rings. The molecule has 2 aliphatic heterocycles. The van der Waals surface area contributed by atoms with Gasteiger partial charge in [0.2, 0.25) is 11.8 Å². The van der Waals surface area contributed by atoms with Crippen LogP contribution >= 0.6 is 24.2 Å². The quantitative estimate of drug-likeness (QED) is 0.709. The summed E-state index contributed by atoms with van der Waals surface area (Å²) in [5.41, 5.74) is 7.04. The first-order chi connectivity index (χ1) is 12.5. The summed E-state index contributed by atoms with van der Waals surface area (Å²) in [4.78, 5) is 30.6. The van der Waals surface area contributed by atoms with E-state index >= 15 is 0 Å². The molecule has 2 saturated heterocycles. The van der Waals surface area contributed by atoms with Crippen molar-refractivity contribution in [3.8, 4) is 11.4 Å². The maximum absolute atomic E-state index is 12.7. The first kappa shape index (κ1) is 19.7. The van der Waals surface area contributed by atoms with E-state index in [1.54, 1.807) is 28.8 Å². The number of nitrogens with one attached hydrogen (secondary N) is 2. The Kier molecular flexibility index (Phi) is 5.45. The summed E-state index contributed by atoms with van der Waals surface area (Å²) in [7, 11) is 0. The van der Waals surface area contributed by atoms with E-state index in [4.69, 9.17) is 5.73 Å². The topological polar surface area (TPSA) is 117 Å². The Morgan fingerprint density at radius 2 is 2.19 bits per heavy atom. The van der Waals surface area contributed by atoms with Gasteiger partial charge in [-0.25, -0.2) is 4.98 Å². The zero-order valence-electron chi connectivity index (χ0n) is 14.8. The molecule has 0 spiro atoms. The molecular formula is C17H21ClN6O2S. The molecule has 8 nitrogen and oxygen atoms in total. The molecule has 2 aliphatic rings. The number of thioether (sulfide) groups is 1. The van der Waals surface area contributed by atoms with Crippen molar-refractivity contribution in [3.63, 3.8) is 0 Å². The monoisotopic (exact) mass is 408 g/mol. The van der Waals surface area contributed by atoms with E-state index in [9.17, 15) is 9.59 Å². The van der Waals surface area contributed by atoms with Crippen molar-refractivity contribution in [2.75, 3.05) is 11.1 Å². The normalized spacial score (nSPS) is 23.9. The van der Waals surface area contributed by atoms with Crippen molar-refractivity contribution in [1.82, 2.24) is 20.1 Å². The van der Waals surface area contributed by atoms with E-state index in [0.29, 0.717) is 36.1 Å². The SMILES string of the molecule is CC12CCC(=O)N1C(C(=O)Nc1ccc(-c3n[nH]c(CN)n3)cc1)CS2.Cl. The van der Waals surface area contributed by atoms with E-state index < -0.39 is 6.04 Å². The zero-order valence-corrected chi connectivity index (χ0v) is 16.4. The minimum atomic E-state index is -0.417.